The van der Waals surface area contributed by atoms with Gasteiger partial charge in [0.05, 0.1) is 0 Å². The molecule has 17 heavy (non-hydrogen) atoms. The zero-order valence-electron chi connectivity index (χ0n) is 11.5. The van der Waals surface area contributed by atoms with Gasteiger partial charge in [-0.2, -0.15) is 0 Å². The first-order valence-corrected chi connectivity index (χ1v) is 7.79. The third kappa shape index (κ3) is 3.45. The number of rotatable bonds is 4. The topological polar surface area (TPSA) is 29.3 Å². The van der Waals surface area contributed by atoms with E-state index in [-0.39, 0.29) is 0 Å². The minimum atomic E-state index is 0.881. The molecule has 0 bridgehead atoms. The molecule has 2 fully saturated rings. The number of nitrogens with two attached hydrogens (primary N) is 1. The Morgan fingerprint density at radius 3 is 2.41 bits per heavy atom. The average molecular weight is 238 g/mol. The summed E-state index contributed by atoms with van der Waals surface area (Å²) in [5.74, 6) is 1.90. The van der Waals surface area contributed by atoms with Crippen molar-refractivity contribution in [2.45, 2.75) is 64.3 Å². The zero-order chi connectivity index (χ0) is 12.1. The molecular formula is C15H30N2. The van der Waals surface area contributed by atoms with Crippen molar-refractivity contribution in [3.8, 4) is 0 Å². The van der Waals surface area contributed by atoms with Crippen LogP contribution in [0.2, 0.25) is 0 Å². The van der Waals surface area contributed by atoms with Crippen LogP contribution in [0.15, 0.2) is 0 Å². The summed E-state index contributed by atoms with van der Waals surface area (Å²) in [6, 6.07) is 0.910. The maximum Gasteiger partial charge on any atom is 0.0123 e. The molecule has 0 aromatic carbocycles. The van der Waals surface area contributed by atoms with Crippen molar-refractivity contribution in [3.05, 3.63) is 0 Å². The molecule has 2 heteroatoms. The number of hydrogen-bond donors (Lipinski definition) is 1. The van der Waals surface area contributed by atoms with E-state index in [4.69, 9.17) is 5.73 Å². The number of likely N-dealkylation sites (tertiary alicyclic amines) is 1. The predicted octanol–water partition coefficient (Wildman–Crippen LogP) is 3.02. The highest BCUT2D eigenvalue weighted by Gasteiger charge is 2.31. The van der Waals surface area contributed by atoms with Gasteiger partial charge in [-0.15, -0.1) is 0 Å². The number of piperidine rings is 1. The van der Waals surface area contributed by atoms with Gasteiger partial charge in [-0.05, 0) is 63.6 Å². The van der Waals surface area contributed by atoms with Crippen LogP contribution in [0.4, 0.5) is 0 Å². The van der Waals surface area contributed by atoms with E-state index in [9.17, 15) is 0 Å². The van der Waals surface area contributed by atoms with Crippen molar-refractivity contribution < 1.29 is 0 Å². The van der Waals surface area contributed by atoms with Gasteiger partial charge >= 0.3 is 0 Å². The van der Waals surface area contributed by atoms with Gasteiger partial charge in [0.2, 0.25) is 0 Å². The summed E-state index contributed by atoms with van der Waals surface area (Å²) in [5.41, 5.74) is 5.67. The molecule has 2 nitrogen and oxygen atoms in total. The van der Waals surface area contributed by atoms with Gasteiger partial charge < -0.3 is 10.6 Å². The zero-order valence-corrected chi connectivity index (χ0v) is 11.5. The first kappa shape index (κ1) is 13.4. The van der Waals surface area contributed by atoms with Gasteiger partial charge in [-0.3, -0.25) is 0 Å². The maximum absolute atomic E-state index is 5.67. The van der Waals surface area contributed by atoms with Gasteiger partial charge in [0.15, 0.2) is 0 Å². The molecule has 0 amide bonds. The maximum atomic E-state index is 5.67. The van der Waals surface area contributed by atoms with Crippen molar-refractivity contribution in [1.29, 1.82) is 0 Å². The summed E-state index contributed by atoms with van der Waals surface area (Å²) in [6.07, 6.45) is 11.3. The summed E-state index contributed by atoms with van der Waals surface area (Å²) < 4.78 is 0. The molecule has 2 atom stereocenters. The predicted molar refractivity (Wildman–Crippen MR) is 74.0 cm³/mol. The SMILES string of the molecule is CCC1CCCCC1N1CCC(CCN)CC1. The Bertz CT molecular complexity index is 209. The van der Waals surface area contributed by atoms with Crippen molar-refractivity contribution in [2.24, 2.45) is 17.6 Å². The molecule has 0 aromatic heterocycles. The highest BCUT2D eigenvalue weighted by molar-refractivity contribution is 4.85. The van der Waals surface area contributed by atoms with Crippen molar-refractivity contribution >= 4 is 0 Å². The highest BCUT2D eigenvalue weighted by atomic mass is 15.2. The van der Waals surface area contributed by atoms with E-state index in [2.05, 4.69) is 11.8 Å². The van der Waals surface area contributed by atoms with Crippen LogP contribution in [0.25, 0.3) is 0 Å². The van der Waals surface area contributed by atoms with Gasteiger partial charge in [0.25, 0.3) is 0 Å². The molecule has 1 saturated heterocycles. The van der Waals surface area contributed by atoms with E-state index in [1.54, 1.807) is 0 Å². The molecule has 1 heterocycles. The first-order chi connectivity index (χ1) is 8.35. The molecule has 1 aliphatic heterocycles. The van der Waals surface area contributed by atoms with Gasteiger partial charge in [-0.1, -0.05) is 26.2 Å². The lowest BCUT2D eigenvalue weighted by Crippen LogP contribution is -2.46. The number of nitrogens with zero attached hydrogens (tertiary/aromatic N) is 1. The molecule has 0 radical (unpaired) electrons. The van der Waals surface area contributed by atoms with Crippen molar-refractivity contribution in [2.75, 3.05) is 19.6 Å². The van der Waals surface area contributed by atoms with E-state index in [1.165, 1.54) is 64.5 Å². The van der Waals surface area contributed by atoms with Crippen molar-refractivity contribution in [1.82, 2.24) is 4.90 Å². The van der Waals surface area contributed by atoms with E-state index in [0.29, 0.717) is 0 Å². The molecule has 2 unspecified atom stereocenters. The fourth-order valence-corrected chi connectivity index (χ4v) is 3.95. The molecule has 0 aromatic rings. The van der Waals surface area contributed by atoms with E-state index in [1.807, 2.05) is 0 Å². The fourth-order valence-electron chi connectivity index (χ4n) is 3.95. The van der Waals surface area contributed by atoms with E-state index < -0.39 is 0 Å². The Labute approximate surface area is 107 Å². The van der Waals surface area contributed by atoms with E-state index in [0.717, 1.165) is 24.4 Å². The molecular weight excluding hydrogens is 208 g/mol. The summed E-state index contributed by atoms with van der Waals surface area (Å²) in [5, 5.41) is 0. The molecule has 2 rings (SSSR count). The molecule has 0 spiro atoms. The quantitative estimate of drug-likeness (QED) is 0.816. The average Bonchev–Trinajstić information content (AvgIpc) is 2.40. The van der Waals surface area contributed by atoms with Crippen LogP contribution in [0.1, 0.15) is 58.3 Å². The molecule has 2 N–H and O–H groups in total. The normalized spacial score (nSPS) is 32.8. The largest absolute Gasteiger partial charge is 0.330 e. The third-order valence-electron chi connectivity index (χ3n) is 5.09. The lowest BCUT2D eigenvalue weighted by Gasteiger charge is -2.43. The fraction of sp³-hybridized carbons (Fsp3) is 1.00. The Morgan fingerprint density at radius 2 is 1.76 bits per heavy atom. The Balaban J connectivity index is 1.82. The van der Waals surface area contributed by atoms with Gasteiger partial charge in [-0.25, -0.2) is 0 Å². The van der Waals surface area contributed by atoms with Crippen LogP contribution in [0, 0.1) is 11.8 Å². The molecule has 100 valence electrons. The summed E-state index contributed by atoms with van der Waals surface area (Å²) in [7, 11) is 0. The minimum absolute atomic E-state index is 0.881. The van der Waals surface area contributed by atoms with Crippen LogP contribution in [0.5, 0.6) is 0 Å². The second-order valence-corrected chi connectivity index (χ2v) is 6.08. The third-order valence-corrected chi connectivity index (χ3v) is 5.09. The highest BCUT2D eigenvalue weighted by Crippen LogP contribution is 2.33. The summed E-state index contributed by atoms with van der Waals surface area (Å²) >= 11 is 0. The molecule has 1 aliphatic carbocycles. The van der Waals surface area contributed by atoms with Crippen LogP contribution in [-0.2, 0) is 0 Å². The monoisotopic (exact) mass is 238 g/mol. The van der Waals surface area contributed by atoms with Crippen LogP contribution < -0.4 is 5.73 Å². The molecule has 1 saturated carbocycles. The van der Waals surface area contributed by atoms with Gasteiger partial charge in [0.1, 0.15) is 0 Å². The Kier molecular flexibility index (Phi) is 5.30. The smallest absolute Gasteiger partial charge is 0.0123 e. The van der Waals surface area contributed by atoms with Crippen molar-refractivity contribution in [3.63, 3.8) is 0 Å². The van der Waals surface area contributed by atoms with Crippen LogP contribution in [-0.4, -0.2) is 30.6 Å². The lowest BCUT2D eigenvalue weighted by molar-refractivity contribution is 0.0656. The standard InChI is InChI=1S/C15H30N2/c1-2-14-5-3-4-6-15(14)17-11-8-13(7-10-16)9-12-17/h13-15H,2-12,16H2,1H3. The van der Waals surface area contributed by atoms with Gasteiger partial charge in [0, 0.05) is 6.04 Å². The Hall–Kier alpha value is -0.0800. The van der Waals surface area contributed by atoms with Crippen LogP contribution in [0.3, 0.4) is 0 Å². The Morgan fingerprint density at radius 1 is 1.06 bits per heavy atom. The second-order valence-electron chi connectivity index (χ2n) is 6.08. The van der Waals surface area contributed by atoms with Crippen LogP contribution >= 0.6 is 0 Å². The van der Waals surface area contributed by atoms with E-state index >= 15 is 0 Å². The lowest BCUT2D eigenvalue weighted by atomic mass is 9.80. The summed E-state index contributed by atoms with van der Waals surface area (Å²) in [4.78, 5) is 2.81. The molecule has 2 aliphatic rings. The second kappa shape index (κ2) is 6.75. The number of hydrogen-bond acceptors (Lipinski definition) is 2. The minimum Gasteiger partial charge on any atom is -0.330 e. The summed E-state index contributed by atoms with van der Waals surface area (Å²) in [6.45, 7) is 5.94. The first-order valence-electron chi connectivity index (χ1n) is 7.79.